The molecule has 3 aromatic carbocycles. The first-order chi connectivity index (χ1) is 19.7. The molecule has 0 fully saturated rings. The van der Waals surface area contributed by atoms with Crippen molar-refractivity contribution >= 4 is 27.7 Å². The number of hydrogen-bond acceptors (Lipinski definition) is 4. The number of halogens is 1. The van der Waals surface area contributed by atoms with Gasteiger partial charge >= 0.3 is 5.97 Å². The number of ether oxygens (including phenoxy) is 1. The van der Waals surface area contributed by atoms with Crippen LogP contribution in [-0.4, -0.2) is 33.2 Å². The van der Waals surface area contributed by atoms with E-state index in [1.807, 2.05) is 92.7 Å². The number of carbonyl (C=O) groups is 2. The molecule has 0 spiro atoms. The van der Waals surface area contributed by atoms with Crippen LogP contribution in [0, 0.1) is 5.41 Å². The van der Waals surface area contributed by atoms with Crippen molar-refractivity contribution in [2.75, 3.05) is 7.11 Å². The lowest BCUT2D eigenvalue weighted by Gasteiger charge is -2.38. The maximum atomic E-state index is 14.3. The standard InChI is InChI=1S/C33H28BrN3O4/c1-33(2)19-26(38)24-18-25(20-10-6-4-7-11-20)36(22-16-14-21(34)15-17-22)30(24)28(33)27-29(32(40)41-3)35-37(31(27)39)23-12-8-5-9-13-23/h4-18,28,35H,19H2,1-3H3. The molecule has 0 bridgehead atoms. The van der Waals surface area contributed by atoms with Gasteiger partial charge in [0.05, 0.1) is 24.1 Å². The van der Waals surface area contributed by atoms with Crippen LogP contribution in [0.15, 0.2) is 100 Å². The van der Waals surface area contributed by atoms with Crippen LogP contribution in [-0.2, 0) is 4.74 Å². The van der Waals surface area contributed by atoms with E-state index in [1.54, 1.807) is 12.1 Å². The zero-order valence-corrected chi connectivity index (χ0v) is 24.4. The Morgan fingerprint density at radius 1 is 0.927 bits per heavy atom. The molecule has 1 aliphatic carbocycles. The molecule has 8 heteroatoms. The summed E-state index contributed by atoms with van der Waals surface area (Å²) in [5.41, 5.74) is 3.68. The van der Waals surface area contributed by atoms with Gasteiger partial charge in [-0.25, -0.2) is 9.48 Å². The van der Waals surface area contributed by atoms with E-state index in [0.29, 0.717) is 16.9 Å². The smallest absolute Gasteiger partial charge is 0.356 e. The number of H-pyrrole nitrogens is 1. The van der Waals surface area contributed by atoms with E-state index in [-0.39, 0.29) is 29.0 Å². The predicted octanol–water partition coefficient (Wildman–Crippen LogP) is 6.92. The fourth-order valence-electron chi connectivity index (χ4n) is 5.97. The first-order valence-electron chi connectivity index (χ1n) is 13.3. The molecule has 206 valence electrons. The average molecular weight is 611 g/mol. The second kappa shape index (κ2) is 10.2. The summed E-state index contributed by atoms with van der Waals surface area (Å²) >= 11 is 3.53. The van der Waals surface area contributed by atoms with Crippen molar-refractivity contribution in [2.24, 2.45) is 5.41 Å². The first kappa shape index (κ1) is 26.8. The zero-order valence-electron chi connectivity index (χ0n) is 22.9. The number of para-hydroxylation sites is 1. The molecular formula is C33H28BrN3O4. The third-order valence-electron chi connectivity index (χ3n) is 7.78. The summed E-state index contributed by atoms with van der Waals surface area (Å²) in [5.74, 6) is -1.27. The fourth-order valence-corrected chi connectivity index (χ4v) is 6.23. The van der Waals surface area contributed by atoms with Crippen LogP contribution in [0.5, 0.6) is 0 Å². The summed E-state index contributed by atoms with van der Waals surface area (Å²) in [7, 11) is 1.29. The molecule has 7 nitrogen and oxygen atoms in total. The molecule has 2 heterocycles. The molecule has 0 aliphatic heterocycles. The van der Waals surface area contributed by atoms with Crippen molar-refractivity contribution in [3.05, 3.63) is 128 Å². The largest absolute Gasteiger partial charge is 0.464 e. The molecule has 1 N–H and O–H groups in total. The SMILES string of the molecule is COC(=O)c1[nH]n(-c2ccccc2)c(=O)c1C1c2c(cc(-c3ccccc3)n2-c2ccc(Br)cc2)C(=O)CC1(C)C. The Labute approximate surface area is 245 Å². The van der Waals surface area contributed by atoms with Crippen LogP contribution in [0.4, 0.5) is 0 Å². The number of nitrogens with zero attached hydrogens (tertiary/aromatic N) is 2. The Morgan fingerprint density at radius 2 is 1.56 bits per heavy atom. The molecule has 0 radical (unpaired) electrons. The van der Waals surface area contributed by atoms with Gasteiger partial charge < -0.3 is 9.30 Å². The molecule has 0 amide bonds. The van der Waals surface area contributed by atoms with Crippen LogP contribution < -0.4 is 5.56 Å². The summed E-state index contributed by atoms with van der Waals surface area (Å²) in [5, 5.41) is 3.03. The van der Waals surface area contributed by atoms with Crippen LogP contribution >= 0.6 is 15.9 Å². The summed E-state index contributed by atoms with van der Waals surface area (Å²) in [6.07, 6.45) is 0.208. The minimum atomic E-state index is -0.706. The molecule has 6 rings (SSSR count). The maximum absolute atomic E-state index is 14.3. The van der Waals surface area contributed by atoms with Crippen LogP contribution in [0.3, 0.4) is 0 Å². The number of carbonyl (C=O) groups excluding carboxylic acids is 2. The van der Waals surface area contributed by atoms with E-state index in [4.69, 9.17) is 4.74 Å². The second-order valence-electron chi connectivity index (χ2n) is 10.9. The number of benzene rings is 3. The van der Waals surface area contributed by atoms with Crippen molar-refractivity contribution in [1.29, 1.82) is 0 Å². The van der Waals surface area contributed by atoms with Crippen LogP contribution in [0.1, 0.15) is 58.3 Å². The van der Waals surface area contributed by atoms with Gasteiger partial charge in [-0.05, 0) is 53.4 Å². The monoisotopic (exact) mass is 609 g/mol. The number of nitrogens with one attached hydrogen (secondary N) is 1. The van der Waals surface area contributed by atoms with Crippen LogP contribution in [0.2, 0.25) is 0 Å². The summed E-state index contributed by atoms with van der Waals surface area (Å²) in [6.45, 7) is 3.94. The van der Waals surface area contributed by atoms with E-state index >= 15 is 0 Å². The fraction of sp³-hybridized carbons (Fsp3) is 0.182. The number of esters is 1. The van der Waals surface area contributed by atoms with E-state index in [0.717, 1.165) is 21.4 Å². The van der Waals surface area contributed by atoms with Gasteiger partial charge in [0.15, 0.2) is 5.78 Å². The van der Waals surface area contributed by atoms with Gasteiger partial charge in [0, 0.05) is 33.8 Å². The Balaban J connectivity index is 1.72. The Bertz CT molecular complexity index is 1830. The van der Waals surface area contributed by atoms with Crippen LogP contribution in [0.25, 0.3) is 22.6 Å². The highest BCUT2D eigenvalue weighted by Crippen LogP contribution is 2.51. The zero-order chi connectivity index (χ0) is 28.9. The number of rotatable bonds is 5. The van der Waals surface area contributed by atoms with Crippen molar-refractivity contribution in [3.63, 3.8) is 0 Å². The minimum Gasteiger partial charge on any atom is -0.464 e. The third kappa shape index (κ3) is 4.48. The molecule has 1 aliphatic rings. The molecule has 41 heavy (non-hydrogen) atoms. The number of hydrogen-bond donors (Lipinski definition) is 1. The number of fused-ring (bicyclic) bond motifs is 1. The maximum Gasteiger partial charge on any atom is 0.356 e. The highest BCUT2D eigenvalue weighted by Gasteiger charge is 2.47. The minimum absolute atomic E-state index is 0.00664. The summed E-state index contributed by atoms with van der Waals surface area (Å²) in [6, 6.07) is 28.7. The lowest BCUT2D eigenvalue weighted by molar-refractivity contribution is 0.0591. The molecule has 1 atom stereocenters. The van der Waals surface area contributed by atoms with Gasteiger partial charge in [-0.2, -0.15) is 0 Å². The molecule has 0 saturated carbocycles. The van der Waals surface area contributed by atoms with Gasteiger partial charge in [-0.3, -0.25) is 14.7 Å². The Hall–Kier alpha value is -4.43. The summed E-state index contributed by atoms with van der Waals surface area (Å²) in [4.78, 5) is 41.2. The second-order valence-corrected chi connectivity index (χ2v) is 11.8. The molecule has 1 unspecified atom stereocenters. The highest BCUT2D eigenvalue weighted by atomic mass is 79.9. The molecule has 5 aromatic rings. The topological polar surface area (TPSA) is 86.1 Å². The predicted molar refractivity (Wildman–Crippen MR) is 161 cm³/mol. The van der Waals surface area contributed by atoms with Gasteiger partial charge in [0.1, 0.15) is 5.69 Å². The van der Waals surface area contributed by atoms with Gasteiger partial charge in [-0.15, -0.1) is 0 Å². The Kier molecular flexibility index (Phi) is 6.66. The number of aromatic amines is 1. The van der Waals surface area contributed by atoms with E-state index in [1.165, 1.54) is 11.8 Å². The summed E-state index contributed by atoms with van der Waals surface area (Å²) < 4.78 is 9.50. The van der Waals surface area contributed by atoms with Crippen molar-refractivity contribution in [1.82, 2.24) is 14.3 Å². The van der Waals surface area contributed by atoms with E-state index in [2.05, 4.69) is 25.6 Å². The van der Waals surface area contributed by atoms with E-state index < -0.39 is 17.3 Å². The molecule has 2 aromatic heterocycles. The van der Waals surface area contributed by atoms with E-state index in [9.17, 15) is 14.4 Å². The number of Topliss-reactive ketones (excluding diaryl/α,β-unsaturated/α-hetero) is 1. The van der Waals surface area contributed by atoms with Crippen molar-refractivity contribution in [3.8, 4) is 22.6 Å². The third-order valence-corrected chi connectivity index (χ3v) is 8.31. The lowest BCUT2D eigenvalue weighted by atomic mass is 9.65. The van der Waals surface area contributed by atoms with Gasteiger partial charge in [0.2, 0.25) is 0 Å². The number of aromatic nitrogens is 3. The average Bonchev–Trinajstić information content (AvgIpc) is 3.53. The number of methoxy groups -OCH3 is 1. The number of ketones is 1. The normalized spacial score (nSPS) is 15.9. The van der Waals surface area contributed by atoms with Crippen molar-refractivity contribution < 1.29 is 14.3 Å². The van der Waals surface area contributed by atoms with Gasteiger partial charge in [-0.1, -0.05) is 78.3 Å². The molecule has 0 saturated heterocycles. The lowest BCUT2D eigenvalue weighted by Crippen LogP contribution is -2.37. The molecular weight excluding hydrogens is 582 g/mol. The van der Waals surface area contributed by atoms with Gasteiger partial charge in [0.25, 0.3) is 5.56 Å². The van der Waals surface area contributed by atoms with Crippen molar-refractivity contribution in [2.45, 2.75) is 26.2 Å². The quantitative estimate of drug-likeness (QED) is 0.219. The first-order valence-corrected chi connectivity index (χ1v) is 14.1. The highest BCUT2D eigenvalue weighted by molar-refractivity contribution is 9.10. The Morgan fingerprint density at radius 3 is 2.20 bits per heavy atom.